The molecule has 0 unspecified atom stereocenters. The maximum absolute atomic E-state index is 12.6. The maximum Gasteiger partial charge on any atom is 0.262 e. The zero-order valence-electron chi connectivity index (χ0n) is 17.6. The fourth-order valence-corrected chi connectivity index (χ4v) is 3.49. The van der Waals surface area contributed by atoms with Crippen LogP contribution in [0.2, 0.25) is 0 Å². The van der Waals surface area contributed by atoms with E-state index in [0.29, 0.717) is 18.8 Å². The molecule has 3 aromatic rings. The molecule has 5 nitrogen and oxygen atoms in total. The summed E-state index contributed by atoms with van der Waals surface area (Å²) < 4.78 is 6.97. The molecule has 3 aromatic carbocycles. The van der Waals surface area contributed by atoms with Crippen LogP contribution in [0.25, 0.3) is 0 Å². The quantitative estimate of drug-likeness (QED) is 0.306. The molecule has 6 heteroatoms. The number of aryl methyl sites for hydroxylation is 1. The van der Waals surface area contributed by atoms with Crippen molar-refractivity contribution in [3.63, 3.8) is 0 Å². The lowest BCUT2D eigenvalue weighted by Gasteiger charge is -2.16. The fourth-order valence-electron chi connectivity index (χ4n) is 3.04. The van der Waals surface area contributed by atoms with E-state index in [9.17, 15) is 4.79 Å². The Morgan fingerprint density at radius 1 is 1.10 bits per heavy atom. The molecular formula is C25H26BrN3O2. The smallest absolute Gasteiger partial charge is 0.262 e. The molecule has 0 fully saturated rings. The number of amides is 1. The summed E-state index contributed by atoms with van der Waals surface area (Å²) in [5, 5.41) is 7.41. The van der Waals surface area contributed by atoms with Gasteiger partial charge in [-0.15, -0.1) is 0 Å². The van der Waals surface area contributed by atoms with Crippen LogP contribution in [0.3, 0.4) is 0 Å². The minimum atomic E-state index is -0.373. The first-order valence-corrected chi connectivity index (χ1v) is 11.0. The summed E-state index contributed by atoms with van der Waals surface area (Å²) >= 11 is 3.47. The van der Waals surface area contributed by atoms with Gasteiger partial charge in [0.1, 0.15) is 18.4 Å². The molecule has 0 aromatic heterocycles. The summed E-state index contributed by atoms with van der Waals surface area (Å²) in [6, 6.07) is 23.1. The van der Waals surface area contributed by atoms with Gasteiger partial charge in [0.15, 0.2) is 0 Å². The molecule has 0 aliphatic rings. The number of hydrogen-bond acceptors (Lipinski definition) is 4. The predicted octanol–water partition coefficient (Wildman–Crippen LogP) is 5.68. The van der Waals surface area contributed by atoms with Crippen molar-refractivity contribution in [1.29, 1.82) is 0 Å². The number of para-hydroxylation sites is 1. The van der Waals surface area contributed by atoms with Crippen molar-refractivity contribution in [2.75, 3.05) is 5.32 Å². The van der Waals surface area contributed by atoms with Crippen molar-refractivity contribution < 1.29 is 9.53 Å². The Morgan fingerprint density at radius 2 is 1.90 bits per heavy atom. The van der Waals surface area contributed by atoms with Gasteiger partial charge in [-0.2, -0.15) is 5.10 Å². The van der Waals surface area contributed by atoms with Crippen LogP contribution < -0.4 is 15.5 Å². The van der Waals surface area contributed by atoms with Gasteiger partial charge in [-0.05, 0) is 60.9 Å². The van der Waals surface area contributed by atoms with Crippen molar-refractivity contribution in [2.24, 2.45) is 5.10 Å². The highest BCUT2D eigenvalue weighted by atomic mass is 79.9. The Balaban J connectivity index is 1.60. The molecular weight excluding hydrogens is 454 g/mol. The van der Waals surface area contributed by atoms with Crippen LogP contribution in [-0.2, 0) is 11.4 Å². The number of ether oxygens (including phenoxy) is 1. The molecule has 1 atom stereocenters. The van der Waals surface area contributed by atoms with E-state index < -0.39 is 0 Å². The van der Waals surface area contributed by atoms with Crippen molar-refractivity contribution in [3.05, 3.63) is 94.0 Å². The average Bonchev–Trinajstić information content (AvgIpc) is 2.77. The molecule has 31 heavy (non-hydrogen) atoms. The Hall–Kier alpha value is -3.12. The zero-order chi connectivity index (χ0) is 22.1. The third-order valence-corrected chi connectivity index (χ3v) is 5.16. The van der Waals surface area contributed by atoms with Gasteiger partial charge >= 0.3 is 0 Å². The third kappa shape index (κ3) is 6.96. The monoisotopic (exact) mass is 479 g/mol. The van der Waals surface area contributed by atoms with Crippen molar-refractivity contribution in [2.45, 2.75) is 32.9 Å². The number of hydrogen-bond donors (Lipinski definition) is 2. The predicted molar refractivity (Wildman–Crippen MR) is 130 cm³/mol. The number of halogens is 1. The van der Waals surface area contributed by atoms with Crippen molar-refractivity contribution in [3.8, 4) is 5.75 Å². The average molecular weight is 480 g/mol. The zero-order valence-corrected chi connectivity index (χ0v) is 19.2. The summed E-state index contributed by atoms with van der Waals surface area (Å²) in [5.74, 6) is 0.512. The summed E-state index contributed by atoms with van der Waals surface area (Å²) in [6.45, 7) is 4.42. The molecule has 0 saturated carbocycles. The second kappa shape index (κ2) is 11.3. The normalized spacial score (nSPS) is 11.8. The SMILES string of the molecule is CC[C@H](Nc1cccc(C)c1)C(=O)NN=Cc1ccccc1OCc1cccc(Br)c1. The van der Waals surface area contributed by atoms with E-state index in [2.05, 4.69) is 31.8 Å². The van der Waals surface area contributed by atoms with E-state index >= 15 is 0 Å². The first-order valence-electron chi connectivity index (χ1n) is 10.2. The Morgan fingerprint density at radius 3 is 2.68 bits per heavy atom. The lowest BCUT2D eigenvalue weighted by atomic mass is 10.1. The minimum absolute atomic E-state index is 0.187. The molecule has 3 rings (SSSR count). The summed E-state index contributed by atoms with van der Waals surface area (Å²) in [4.78, 5) is 12.6. The van der Waals surface area contributed by atoms with E-state index in [4.69, 9.17) is 4.74 Å². The standard InChI is InChI=1S/C25H26BrN3O2/c1-3-23(28-22-12-6-8-18(2)14-22)25(30)29-27-16-20-10-4-5-13-24(20)31-17-19-9-7-11-21(26)15-19/h4-16,23,28H,3,17H2,1-2H3,(H,29,30)/t23-/m0/s1. The lowest BCUT2D eigenvalue weighted by Crippen LogP contribution is -2.36. The number of anilines is 1. The van der Waals surface area contributed by atoms with Gasteiger partial charge in [-0.1, -0.05) is 59.3 Å². The second-order valence-corrected chi connectivity index (χ2v) is 8.08. The maximum atomic E-state index is 12.6. The molecule has 0 aliphatic carbocycles. The molecule has 0 aliphatic heterocycles. The molecule has 2 N–H and O–H groups in total. The lowest BCUT2D eigenvalue weighted by molar-refractivity contribution is -0.121. The molecule has 0 radical (unpaired) electrons. The van der Waals surface area contributed by atoms with Crippen molar-refractivity contribution in [1.82, 2.24) is 5.43 Å². The van der Waals surface area contributed by atoms with E-state index in [0.717, 1.165) is 26.9 Å². The summed E-state index contributed by atoms with van der Waals surface area (Å²) in [5.41, 5.74) is 6.53. The first-order chi connectivity index (χ1) is 15.0. The molecule has 0 saturated heterocycles. The largest absolute Gasteiger partial charge is 0.488 e. The second-order valence-electron chi connectivity index (χ2n) is 7.17. The van der Waals surface area contributed by atoms with Gasteiger partial charge in [0.25, 0.3) is 5.91 Å². The first kappa shape index (κ1) is 22.6. The van der Waals surface area contributed by atoms with Crippen LogP contribution in [-0.4, -0.2) is 18.2 Å². The van der Waals surface area contributed by atoms with Crippen molar-refractivity contribution >= 4 is 33.7 Å². The highest BCUT2D eigenvalue weighted by Crippen LogP contribution is 2.19. The number of hydrazone groups is 1. The molecule has 0 heterocycles. The van der Waals surface area contributed by atoms with Crippen LogP contribution in [0.5, 0.6) is 5.75 Å². The van der Waals surface area contributed by atoms with E-state index in [1.54, 1.807) is 6.21 Å². The number of nitrogens with zero attached hydrogens (tertiary/aromatic N) is 1. The van der Waals surface area contributed by atoms with Crippen LogP contribution in [0.15, 0.2) is 82.4 Å². The van der Waals surface area contributed by atoms with E-state index in [1.165, 1.54) is 0 Å². The molecule has 1 amide bonds. The van der Waals surface area contributed by atoms with E-state index in [1.807, 2.05) is 86.6 Å². The molecule has 160 valence electrons. The number of carbonyl (C=O) groups is 1. The van der Waals surface area contributed by atoms with E-state index in [-0.39, 0.29) is 11.9 Å². The molecule has 0 bridgehead atoms. The van der Waals surface area contributed by atoms with Gasteiger partial charge in [0.05, 0.1) is 6.21 Å². The van der Waals surface area contributed by atoms with Crippen LogP contribution in [0.1, 0.15) is 30.0 Å². The summed E-state index contributed by atoms with van der Waals surface area (Å²) in [6.07, 6.45) is 2.25. The number of benzene rings is 3. The van der Waals surface area contributed by atoms with Crippen LogP contribution in [0.4, 0.5) is 5.69 Å². The molecule has 0 spiro atoms. The Labute approximate surface area is 191 Å². The highest BCUT2D eigenvalue weighted by molar-refractivity contribution is 9.10. The van der Waals surface area contributed by atoms with Crippen LogP contribution >= 0.6 is 15.9 Å². The number of rotatable bonds is 9. The van der Waals surface area contributed by atoms with Gasteiger partial charge in [0.2, 0.25) is 0 Å². The highest BCUT2D eigenvalue weighted by Gasteiger charge is 2.15. The summed E-state index contributed by atoms with van der Waals surface area (Å²) in [7, 11) is 0. The topological polar surface area (TPSA) is 62.7 Å². The third-order valence-electron chi connectivity index (χ3n) is 4.66. The Bertz CT molecular complexity index is 1050. The number of carbonyl (C=O) groups excluding carboxylic acids is 1. The van der Waals surface area contributed by atoms with Gasteiger partial charge < -0.3 is 10.1 Å². The minimum Gasteiger partial charge on any atom is -0.488 e. The van der Waals surface area contributed by atoms with Gasteiger partial charge in [-0.3, -0.25) is 4.79 Å². The number of nitrogens with one attached hydrogen (secondary N) is 2. The van der Waals surface area contributed by atoms with Gasteiger partial charge in [0, 0.05) is 15.7 Å². The fraction of sp³-hybridized carbons (Fsp3) is 0.200. The Kier molecular flexibility index (Phi) is 8.24. The van der Waals surface area contributed by atoms with Gasteiger partial charge in [-0.25, -0.2) is 5.43 Å². The van der Waals surface area contributed by atoms with Crippen LogP contribution in [0, 0.1) is 6.92 Å².